The van der Waals surface area contributed by atoms with E-state index in [0.717, 1.165) is 19.0 Å². The number of carbonyl (C=O) groups is 1. The Labute approximate surface area is 84.8 Å². The van der Waals surface area contributed by atoms with Gasteiger partial charge in [-0.2, -0.15) is 0 Å². The zero-order valence-corrected chi connectivity index (χ0v) is 8.54. The normalized spacial score (nSPS) is 38.1. The van der Waals surface area contributed by atoms with Gasteiger partial charge in [-0.05, 0) is 44.1 Å². The van der Waals surface area contributed by atoms with E-state index in [1.165, 1.54) is 32.2 Å². The van der Waals surface area contributed by atoms with Crippen LogP contribution in [0.1, 0.15) is 25.7 Å². The molecular weight excluding hydrogens is 176 g/mol. The first kappa shape index (κ1) is 8.72. The highest BCUT2D eigenvalue weighted by Crippen LogP contribution is 2.35. The summed E-state index contributed by atoms with van der Waals surface area (Å²) in [5.41, 5.74) is 0. The summed E-state index contributed by atoms with van der Waals surface area (Å²) in [6.07, 6.45) is 5.20. The standard InChI is InChI=1S/C11H18N2O/c14-11-10-9(3-5-12-11)4-6-13(10)7-8-1-2-8/h8-10H,1-7H2,(H,12,14). The first-order chi connectivity index (χ1) is 6.84. The van der Waals surface area contributed by atoms with Crippen molar-refractivity contribution in [1.82, 2.24) is 10.2 Å². The highest BCUT2D eigenvalue weighted by atomic mass is 16.2. The maximum absolute atomic E-state index is 11.7. The number of amides is 1. The van der Waals surface area contributed by atoms with Gasteiger partial charge in [-0.25, -0.2) is 0 Å². The van der Waals surface area contributed by atoms with E-state index in [4.69, 9.17) is 0 Å². The summed E-state index contributed by atoms with van der Waals surface area (Å²) in [7, 11) is 0. The maximum Gasteiger partial charge on any atom is 0.237 e. The Morgan fingerprint density at radius 3 is 2.93 bits per heavy atom. The van der Waals surface area contributed by atoms with Crippen LogP contribution in [-0.4, -0.2) is 36.5 Å². The van der Waals surface area contributed by atoms with Crippen LogP contribution in [0.4, 0.5) is 0 Å². The summed E-state index contributed by atoms with van der Waals surface area (Å²) in [5.74, 6) is 1.85. The van der Waals surface area contributed by atoms with Crippen molar-refractivity contribution < 1.29 is 4.79 Å². The van der Waals surface area contributed by atoms with E-state index in [1.807, 2.05) is 0 Å². The lowest BCUT2D eigenvalue weighted by atomic mass is 9.93. The molecule has 1 N–H and O–H groups in total. The number of hydrogen-bond donors (Lipinski definition) is 1. The summed E-state index contributed by atoms with van der Waals surface area (Å²) in [4.78, 5) is 14.2. The molecule has 2 unspecified atom stereocenters. The van der Waals surface area contributed by atoms with E-state index in [1.54, 1.807) is 0 Å². The highest BCUT2D eigenvalue weighted by Gasteiger charge is 2.42. The van der Waals surface area contributed by atoms with Crippen molar-refractivity contribution in [3.63, 3.8) is 0 Å². The Hall–Kier alpha value is -0.570. The van der Waals surface area contributed by atoms with Gasteiger partial charge in [-0.1, -0.05) is 0 Å². The summed E-state index contributed by atoms with van der Waals surface area (Å²) in [6, 6.07) is 0.226. The fraction of sp³-hybridized carbons (Fsp3) is 0.909. The monoisotopic (exact) mass is 194 g/mol. The first-order valence-corrected chi connectivity index (χ1v) is 5.86. The second-order valence-corrected chi connectivity index (χ2v) is 5.01. The molecular formula is C11H18N2O. The second-order valence-electron chi connectivity index (χ2n) is 5.01. The smallest absolute Gasteiger partial charge is 0.237 e. The zero-order chi connectivity index (χ0) is 9.54. The molecule has 3 aliphatic rings. The molecule has 0 spiro atoms. The number of hydrogen-bond acceptors (Lipinski definition) is 2. The number of likely N-dealkylation sites (tertiary alicyclic amines) is 1. The van der Waals surface area contributed by atoms with Crippen LogP contribution in [0.15, 0.2) is 0 Å². The Bertz CT molecular complexity index is 250. The van der Waals surface area contributed by atoms with Crippen LogP contribution in [0.25, 0.3) is 0 Å². The molecule has 0 radical (unpaired) electrons. The fourth-order valence-corrected chi connectivity index (χ4v) is 2.93. The van der Waals surface area contributed by atoms with Gasteiger partial charge in [0, 0.05) is 13.1 Å². The van der Waals surface area contributed by atoms with Crippen LogP contribution < -0.4 is 5.32 Å². The average Bonchev–Trinajstić information content (AvgIpc) is 2.88. The highest BCUT2D eigenvalue weighted by molar-refractivity contribution is 5.83. The van der Waals surface area contributed by atoms with Gasteiger partial charge in [-0.3, -0.25) is 9.69 Å². The number of nitrogens with one attached hydrogen (secondary N) is 1. The number of rotatable bonds is 2. The molecule has 1 amide bonds. The van der Waals surface area contributed by atoms with E-state index < -0.39 is 0 Å². The number of nitrogens with zero attached hydrogens (tertiary/aromatic N) is 1. The lowest BCUT2D eigenvalue weighted by Gasteiger charge is -2.30. The molecule has 1 saturated carbocycles. The molecule has 2 saturated heterocycles. The van der Waals surface area contributed by atoms with Gasteiger partial charge in [0.1, 0.15) is 0 Å². The lowest BCUT2D eigenvalue weighted by Crippen LogP contribution is -2.51. The molecule has 3 rings (SSSR count). The van der Waals surface area contributed by atoms with Crippen molar-refractivity contribution in [3.05, 3.63) is 0 Å². The van der Waals surface area contributed by atoms with Gasteiger partial charge in [0.15, 0.2) is 0 Å². The van der Waals surface area contributed by atoms with Crippen LogP contribution in [0.2, 0.25) is 0 Å². The Balaban J connectivity index is 1.70. The predicted octanol–water partition coefficient (Wildman–Crippen LogP) is 0.607. The van der Waals surface area contributed by atoms with E-state index in [0.29, 0.717) is 11.8 Å². The largest absolute Gasteiger partial charge is 0.355 e. The van der Waals surface area contributed by atoms with E-state index in [-0.39, 0.29) is 6.04 Å². The van der Waals surface area contributed by atoms with Crippen LogP contribution in [-0.2, 0) is 4.79 Å². The maximum atomic E-state index is 11.7. The molecule has 0 aromatic rings. The summed E-state index contributed by atoms with van der Waals surface area (Å²) < 4.78 is 0. The van der Waals surface area contributed by atoms with Crippen molar-refractivity contribution in [2.75, 3.05) is 19.6 Å². The second kappa shape index (κ2) is 3.23. The molecule has 3 heteroatoms. The average molecular weight is 194 g/mol. The molecule has 78 valence electrons. The summed E-state index contributed by atoms with van der Waals surface area (Å²) in [6.45, 7) is 3.23. The van der Waals surface area contributed by atoms with E-state index in [9.17, 15) is 4.79 Å². The van der Waals surface area contributed by atoms with Crippen LogP contribution in [0.5, 0.6) is 0 Å². The quantitative estimate of drug-likeness (QED) is 0.698. The summed E-state index contributed by atoms with van der Waals surface area (Å²) in [5, 5.41) is 3.00. The molecule has 2 heterocycles. The van der Waals surface area contributed by atoms with Gasteiger partial charge in [0.25, 0.3) is 0 Å². The fourth-order valence-electron chi connectivity index (χ4n) is 2.93. The summed E-state index contributed by atoms with van der Waals surface area (Å²) >= 11 is 0. The van der Waals surface area contributed by atoms with Crippen molar-refractivity contribution in [1.29, 1.82) is 0 Å². The topological polar surface area (TPSA) is 32.3 Å². The number of carbonyl (C=O) groups excluding carboxylic acids is 1. The molecule has 3 nitrogen and oxygen atoms in total. The van der Waals surface area contributed by atoms with Gasteiger partial charge in [0.05, 0.1) is 6.04 Å². The minimum atomic E-state index is 0.226. The third-order valence-corrected chi connectivity index (χ3v) is 3.90. The molecule has 0 aromatic heterocycles. The molecule has 3 fully saturated rings. The van der Waals surface area contributed by atoms with E-state index in [2.05, 4.69) is 10.2 Å². The van der Waals surface area contributed by atoms with Crippen molar-refractivity contribution in [2.24, 2.45) is 11.8 Å². The van der Waals surface area contributed by atoms with Gasteiger partial charge in [-0.15, -0.1) is 0 Å². The number of piperidine rings is 1. The minimum Gasteiger partial charge on any atom is -0.355 e. The zero-order valence-electron chi connectivity index (χ0n) is 8.54. The lowest BCUT2D eigenvalue weighted by molar-refractivity contribution is -0.128. The Morgan fingerprint density at radius 1 is 1.29 bits per heavy atom. The van der Waals surface area contributed by atoms with Gasteiger partial charge in [0.2, 0.25) is 5.91 Å². The molecule has 2 aliphatic heterocycles. The molecule has 14 heavy (non-hydrogen) atoms. The van der Waals surface area contributed by atoms with Gasteiger partial charge < -0.3 is 5.32 Å². The Kier molecular flexibility index (Phi) is 2.01. The molecule has 2 atom stereocenters. The third-order valence-electron chi connectivity index (χ3n) is 3.90. The third kappa shape index (κ3) is 1.44. The number of fused-ring (bicyclic) bond motifs is 1. The van der Waals surface area contributed by atoms with Crippen molar-refractivity contribution in [2.45, 2.75) is 31.7 Å². The minimum absolute atomic E-state index is 0.226. The SMILES string of the molecule is O=C1NCCC2CCN(CC3CC3)C12. The molecule has 0 bridgehead atoms. The molecule has 0 aromatic carbocycles. The van der Waals surface area contributed by atoms with Crippen LogP contribution in [0.3, 0.4) is 0 Å². The van der Waals surface area contributed by atoms with Crippen LogP contribution >= 0.6 is 0 Å². The molecule has 1 aliphatic carbocycles. The van der Waals surface area contributed by atoms with Gasteiger partial charge >= 0.3 is 0 Å². The van der Waals surface area contributed by atoms with Crippen molar-refractivity contribution in [3.8, 4) is 0 Å². The van der Waals surface area contributed by atoms with Crippen molar-refractivity contribution >= 4 is 5.91 Å². The van der Waals surface area contributed by atoms with Crippen LogP contribution in [0, 0.1) is 11.8 Å². The first-order valence-electron chi connectivity index (χ1n) is 5.86. The predicted molar refractivity (Wildman–Crippen MR) is 53.8 cm³/mol. The van der Waals surface area contributed by atoms with E-state index >= 15 is 0 Å². The Morgan fingerprint density at radius 2 is 2.14 bits per heavy atom.